The van der Waals surface area contributed by atoms with Crippen molar-refractivity contribution < 1.29 is 23.5 Å². The topological polar surface area (TPSA) is 67.9 Å². The van der Waals surface area contributed by atoms with Crippen LogP contribution >= 0.6 is 0 Å². The molecule has 2 unspecified atom stereocenters. The molecule has 0 spiro atoms. The number of hydrogen-bond donors (Lipinski definition) is 1. The molecule has 0 radical (unpaired) electrons. The van der Waals surface area contributed by atoms with Crippen molar-refractivity contribution in [3.63, 3.8) is 0 Å². The number of nitrogens with one attached hydrogen (secondary N) is 1. The molecule has 1 fully saturated rings. The number of halogens is 1. The minimum atomic E-state index is -0.514. The molecule has 3 rings (SSSR count). The number of amides is 2. The van der Waals surface area contributed by atoms with E-state index in [4.69, 9.17) is 9.47 Å². The zero-order chi connectivity index (χ0) is 22.7. The lowest BCUT2D eigenvalue weighted by Gasteiger charge is -2.39. The SMILES string of the molecule is COc1cc(NC(=O)c2ccc(C)c(F)c2)c(C(=O)N2C(C)CCCC2C)cc1OC. The molecule has 1 N–H and O–H groups in total. The maximum Gasteiger partial charge on any atom is 0.256 e. The monoisotopic (exact) mass is 428 g/mol. The van der Waals surface area contributed by atoms with Crippen molar-refractivity contribution in [3.05, 3.63) is 52.8 Å². The van der Waals surface area contributed by atoms with Crippen molar-refractivity contribution in [1.82, 2.24) is 4.90 Å². The molecule has 0 aromatic heterocycles. The third kappa shape index (κ3) is 4.65. The number of hydrogen-bond acceptors (Lipinski definition) is 4. The van der Waals surface area contributed by atoms with Gasteiger partial charge in [-0.2, -0.15) is 0 Å². The lowest BCUT2D eigenvalue weighted by Crippen LogP contribution is -2.47. The van der Waals surface area contributed by atoms with E-state index in [1.807, 2.05) is 18.7 Å². The number of anilines is 1. The van der Waals surface area contributed by atoms with E-state index in [0.29, 0.717) is 28.3 Å². The number of carbonyl (C=O) groups is 2. The first kappa shape index (κ1) is 22.6. The quantitative estimate of drug-likeness (QED) is 0.742. The summed E-state index contributed by atoms with van der Waals surface area (Å²) >= 11 is 0. The minimum absolute atomic E-state index is 0.0825. The van der Waals surface area contributed by atoms with Crippen LogP contribution in [0.1, 0.15) is 59.4 Å². The average Bonchev–Trinajstić information content (AvgIpc) is 2.74. The first-order valence-corrected chi connectivity index (χ1v) is 10.4. The number of methoxy groups -OCH3 is 2. The Balaban J connectivity index is 2.02. The number of rotatable bonds is 5. The van der Waals surface area contributed by atoms with Gasteiger partial charge in [0.05, 0.1) is 25.5 Å². The lowest BCUT2D eigenvalue weighted by molar-refractivity contribution is 0.0511. The van der Waals surface area contributed by atoms with Gasteiger partial charge in [-0.3, -0.25) is 9.59 Å². The molecule has 31 heavy (non-hydrogen) atoms. The van der Waals surface area contributed by atoms with Gasteiger partial charge in [0, 0.05) is 23.7 Å². The normalized spacial score (nSPS) is 18.5. The molecular weight excluding hydrogens is 399 g/mol. The molecule has 1 heterocycles. The molecule has 1 aliphatic heterocycles. The molecule has 0 aliphatic carbocycles. The lowest BCUT2D eigenvalue weighted by atomic mass is 9.96. The van der Waals surface area contributed by atoms with Crippen molar-refractivity contribution in [1.29, 1.82) is 0 Å². The summed E-state index contributed by atoms with van der Waals surface area (Å²) in [5, 5.41) is 2.76. The molecular formula is C24H29FN2O4. The van der Waals surface area contributed by atoms with E-state index >= 15 is 0 Å². The van der Waals surface area contributed by atoms with E-state index < -0.39 is 11.7 Å². The van der Waals surface area contributed by atoms with Crippen LogP contribution in [0.5, 0.6) is 11.5 Å². The zero-order valence-corrected chi connectivity index (χ0v) is 18.6. The standard InChI is InChI=1S/C24H29FN2O4/c1-14-9-10-17(11-19(14)25)23(28)26-20-13-22(31-5)21(30-4)12-18(20)24(29)27-15(2)7-6-8-16(27)3/h9-13,15-16H,6-8H2,1-5H3,(H,26,28). The van der Waals surface area contributed by atoms with Gasteiger partial charge in [0.2, 0.25) is 0 Å². The van der Waals surface area contributed by atoms with Crippen molar-refractivity contribution in [2.75, 3.05) is 19.5 Å². The van der Waals surface area contributed by atoms with E-state index in [1.165, 1.54) is 20.3 Å². The Morgan fingerprint density at radius 2 is 1.65 bits per heavy atom. The second-order valence-electron chi connectivity index (χ2n) is 8.01. The highest BCUT2D eigenvalue weighted by Gasteiger charge is 2.32. The first-order valence-electron chi connectivity index (χ1n) is 10.4. The van der Waals surface area contributed by atoms with E-state index in [0.717, 1.165) is 19.3 Å². The number of likely N-dealkylation sites (tertiary alicyclic amines) is 1. The fourth-order valence-corrected chi connectivity index (χ4v) is 4.05. The predicted octanol–water partition coefficient (Wildman–Crippen LogP) is 4.81. The van der Waals surface area contributed by atoms with Gasteiger partial charge in [-0.05, 0) is 63.8 Å². The van der Waals surface area contributed by atoms with Crippen LogP contribution < -0.4 is 14.8 Å². The summed E-state index contributed by atoms with van der Waals surface area (Å²) in [7, 11) is 2.97. The van der Waals surface area contributed by atoms with Gasteiger partial charge in [0.1, 0.15) is 5.82 Å². The van der Waals surface area contributed by atoms with Gasteiger partial charge >= 0.3 is 0 Å². The Kier molecular flexibility index (Phi) is 6.83. The zero-order valence-electron chi connectivity index (χ0n) is 18.6. The van der Waals surface area contributed by atoms with Crippen LogP contribution in [-0.2, 0) is 0 Å². The van der Waals surface area contributed by atoms with E-state index in [-0.39, 0.29) is 23.6 Å². The van der Waals surface area contributed by atoms with E-state index in [1.54, 1.807) is 31.2 Å². The van der Waals surface area contributed by atoms with Gasteiger partial charge in [0.15, 0.2) is 11.5 Å². The molecule has 2 aromatic carbocycles. The fourth-order valence-electron chi connectivity index (χ4n) is 4.05. The third-order valence-electron chi connectivity index (χ3n) is 5.86. The van der Waals surface area contributed by atoms with Crippen LogP contribution in [0.15, 0.2) is 30.3 Å². The summed E-state index contributed by atoms with van der Waals surface area (Å²) in [5.74, 6) is -0.398. The largest absolute Gasteiger partial charge is 0.493 e. The Hall–Kier alpha value is -3.09. The summed E-state index contributed by atoms with van der Waals surface area (Å²) in [6.07, 6.45) is 2.92. The molecule has 0 saturated carbocycles. The van der Waals surface area contributed by atoms with Crippen molar-refractivity contribution in [2.24, 2.45) is 0 Å². The molecule has 1 aliphatic rings. The van der Waals surface area contributed by atoms with Crippen LogP contribution in [0.3, 0.4) is 0 Å². The van der Waals surface area contributed by atoms with Crippen LogP contribution in [-0.4, -0.2) is 43.0 Å². The molecule has 2 atom stereocenters. The van der Waals surface area contributed by atoms with Crippen molar-refractivity contribution in [2.45, 2.75) is 52.1 Å². The number of aryl methyl sites for hydroxylation is 1. The van der Waals surface area contributed by atoms with Crippen molar-refractivity contribution in [3.8, 4) is 11.5 Å². The van der Waals surface area contributed by atoms with Crippen LogP contribution in [0.2, 0.25) is 0 Å². The molecule has 2 aromatic rings. The second kappa shape index (κ2) is 9.37. The minimum Gasteiger partial charge on any atom is -0.493 e. The number of ether oxygens (including phenoxy) is 2. The summed E-state index contributed by atoms with van der Waals surface area (Å²) in [4.78, 5) is 28.2. The molecule has 7 heteroatoms. The highest BCUT2D eigenvalue weighted by Crippen LogP contribution is 2.36. The van der Waals surface area contributed by atoms with Crippen LogP contribution in [0.4, 0.5) is 10.1 Å². The van der Waals surface area contributed by atoms with Gasteiger partial charge in [-0.1, -0.05) is 6.07 Å². The molecule has 166 valence electrons. The molecule has 6 nitrogen and oxygen atoms in total. The maximum absolute atomic E-state index is 14.0. The van der Waals surface area contributed by atoms with E-state index in [9.17, 15) is 14.0 Å². The van der Waals surface area contributed by atoms with Crippen LogP contribution in [0, 0.1) is 12.7 Å². The van der Waals surface area contributed by atoms with Crippen LogP contribution in [0.25, 0.3) is 0 Å². The number of piperidine rings is 1. The Morgan fingerprint density at radius 1 is 1.03 bits per heavy atom. The van der Waals surface area contributed by atoms with Gasteiger partial charge in [0.25, 0.3) is 11.8 Å². The van der Waals surface area contributed by atoms with Gasteiger partial charge in [-0.15, -0.1) is 0 Å². The molecule has 2 amide bonds. The first-order chi connectivity index (χ1) is 14.8. The maximum atomic E-state index is 14.0. The summed E-state index contributed by atoms with van der Waals surface area (Å²) in [5.41, 5.74) is 1.21. The number of nitrogens with zero attached hydrogens (tertiary/aromatic N) is 1. The highest BCUT2D eigenvalue weighted by molar-refractivity contribution is 6.09. The predicted molar refractivity (Wildman–Crippen MR) is 118 cm³/mol. The number of carbonyl (C=O) groups excluding carboxylic acids is 2. The smallest absolute Gasteiger partial charge is 0.256 e. The summed E-state index contributed by atoms with van der Waals surface area (Å²) < 4.78 is 24.7. The van der Waals surface area contributed by atoms with E-state index in [2.05, 4.69) is 5.32 Å². The number of benzene rings is 2. The van der Waals surface area contributed by atoms with Gasteiger partial charge < -0.3 is 19.7 Å². The summed E-state index contributed by atoms with van der Waals surface area (Å²) in [6.45, 7) is 5.69. The molecule has 1 saturated heterocycles. The third-order valence-corrected chi connectivity index (χ3v) is 5.86. The average molecular weight is 429 g/mol. The fraction of sp³-hybridized carbons (Fsp3) is 0.417. The Morgan fingerprint density at radius 3 is 2.23 bits per heavy atom. The van der Waals surface area contributed by atoms with Crippen molar-refractivity contribution >= 4 is 17.5 Å². The summed E-state index contributed by atoms with van der Waals surface area (Å²) in [6, 6.07) is 7.58. The Bertz CT molecular complexity index is 982. The molecule has 0 bridgehead atoms. The second-order valence-corrected chi connectivity index (χ2v) is 8.01. The Labute approximate surface area is 182 Å². The van der Waals surface area contributed by atoms with Gasteiger partial charge in [-0.25, -0.2) is 4.39 Å². The highest BCUT2D eigenvalue weighted by atomic mass is 19.1.